The summed E-state index contributed by atoms with van der Waals surface area (Å²) < 4.78 is 11.8. The van der Waals surface area contributed by atoms with Crippen LogP contribution >= 0.6 is 0 Å². The van der Waals surface area contributed by atoms with Gasteiger partial charge >= 0.3 is 5.97 Å². The number of esters is 1. The van der Waals surface area contributed by atoms with Gasteiger partial charge in [-0.1, -0.05) is 63.9 Å². The number of hydrogen-bond acceptors (Lipinski definition) is 3. The highest BCUT2D eigenvalue weighted by atomic mass is 16.7. The highest BCUT2D eigenvalue weighted by Crippen LogP contribution is 2.46. The van der Waals surface area contributed by atoms with Crippen LogP contribution < -0.4 is 0 Å². The van der Waals surface area contributed by atoms with Gasteiger partial charge in [0.2, 0.25) is 6.29 Å². The Bertz CT molecular complexity index is 525. The van der Waals surface area contributed by atoms with E-state index in [1.54, 1.807) is 0 Å². The van der Waals surface area contributed by atoms with Crippen LogP contribution in [0.1, 0.15) is 52.0 Å². The largest absolute Gasteiger partial charge is 0.434 e. The highest BCUT2D eigenvalue weighted by molar-refractivity contribution is 5.84. The summed E-state index contributed by atoms with van der Waals surface area (Å²) in [4.78, 5) is 13.1. The Labute approximate surface area is 133 Å². The lowest BCUT2D eigenvalue weighted by Crippen LogP contribution is -2.55. The third-order valence-corrected chi connectivity index (χ3v) is 5.09. The smallest absolute Gasteiger partial charge is 0.321 e. The van der Waals surface area contributed by atoms with Crippen LogP contribution in [0.3, 0.4) is 0 Å². The number of rotatable bonds is 2. The molecule has 3 nitrogen and oxygen atoms in total. The molecular weight excluding hydrogens is 276 g/mol. The van der Waals surface area contributed by atoms with Gasteiger partial charge < -0.3 is 9.47 Å². The van der Waals surface area contributed by atoms with Crippen LogP contribution in [0.15, 0.2) is 30.3 Å². The molecule has 2 aliphatic rings. The van der Waals surface area contributed by atoms with Crippen LogP contribution in [0.4, 0.5) is 0 Å². The van der Waals surface area contributed by atoms with E-state index in [4.69, 9.17) is 9.47 Å². The number of carbonyl (C=O) groups excluding carboxylic acids is 1. The molecule has 2 atom stereocenters. The van der Waals surface area contributed by atoms with E-state index < -0.39 is 11.7 Å². The van der Waals surface area contributed by atoms with Gasteiger partial charge in [-0.2, -0.15) is 0 Å². The average molecular weight is 302 g/mol. The maximum Gasteiger partial charge on any atom is 0.321 e. The maximum absolute atomic E-state index is 13.1. The van der Waals surface area contributed by atoms with Crippen LogP contribution in [0.2, 0.25) is 0 Å². The van der Waals surface area contributed by atoms with E-state index in [0.29, 0.717) is 12.5 Å². The fraction of sp³-hybridized carbons (Fsp3) is 0.632. The van der Waals surface area contributed by atoms with Gasteiger partial charge in [0.25, 0.3) is 0 Å². The molecule has 1 saturated heterocycles. The quantitative estimate of drug-likeness (QED) is 0.773. The lowest BCUT2D eigenvalue weighted by atomic mass is 9.69. The first kappa shape index (κ1) is 15.5. The summed E-state index contributed by atoms with van der Waals surface area (Å²) in [6.45, 7) is 6.55. The van der Waals surface area contributed by atoms with Gasteiger partial charge in [-0.15, -0.1) is 0 Å². The zero-order valence-corrected chi connectivity index (χ0v) is 13.8. The molecule has 0 radical (unpaired) electrons. The molecule has 1 aliphatic heterocycles. The second-order valence-corrected chi connectivity index (χ2v) is 7.73. The van der Waals surface area contributed by atoms with E-state index in [1.165, 1.54) is 12.8 Å². The Morgan fingerprint density at radius 2 is 1.73 bits per heavy atom. The third kappa shape index (κ3) is 2.56. The van der Waals surface area contributed by atoms with E-state index >= 15 is 0 Å². The molecule has 2 fully saturated rings. The van der Waals surface area contributed by atoms with Crippen molar-refractivity contribution in [3.05, 3.63) is 35.9 Å². The number of carbonyl (C=O) groups is 1. The summed E-state index contributed by atoms with van der Waals surface area (Å²) in [6, 6.07) is 10.1. The lowest BCUT2D eigenvalue weighted by Gasteiger charge is -2.45. The van der Waals surface area contributed by atoms with Crippen molar-refractivity contribution in [2.24, 2.45) is 11.3 Å². The van der Waals surface area contributed by atoms with Crippen molar-refractivity contribution in [1.29, 1.82) is 0 Å². The summed E-state index contributed by atoms with van der Waals surface area (Å²) >= 11 is 0. The van der Waals surface area contributed by atoms with Gasteiger partial charge in [0.1, 0.15) is 5.41 Å². The highest BCUT2D eigenvalue weighted by Gasteiger charge is 2.54. The molecular formula is C19H26O3. The van der Waals surface area contributed by atoms with Crippen molar-refractivity contribution >= 4 is 5.97 Å². The van der Waals surface area contributed by atoms with E-state index in [1.807, 2.05) is 51.1 Å². The molecule has 1 saturated carbocycles. The van der Waals surface area contributed by atoms with Crippen LogP contribution in [-0.4, -0.2) is 18.9 Å². The molecule has 0 spiro atoms. The van der Waals surface area contributed by atoms with Crippen molar-refractivity contribution in [3.8, 4) is 0 Å². The maximum atomic E-state index is 13.1. The predicted molar refractivity (Wildman–Crippen MR) is 85.4 cm³/mol. The molecule has 22 heavy (non-hydrogen) atoms. The van der Waals surface area contributed by atoms with Gasteiger partial charge in [-0.3, -0.25) is 4.79 Å². The minimum Gasteiger partial charge on any atom is -0.434 e. The molecule has 1 aromatic rings. The fourth-order valence-electron chi connectivity index (χ4n) is 3.80. The van der Waals surface area contributed by atoms with E-state index in [9.17, 15) is 4.79 Å². The molecule has 3 heteroatoms. The number of benzene rings is 1. The van der Waals surface area contributed by atoms with Crippen molar-refractivity contribution in [1.82, 2.24) is 0 Å². The van der Waals surface area contributed by atoms with Gasteiger partial charge in [0, 0.05) is 5.41 Å². The standard InChI is InChI=1S/C19H26O3/c1-18(2,3)17-21-13-19(16(20)22-17,15-11-7-8-12-15)14-9-5-4-6-10-14/h4-6,9-10,15,17H,7-8,11-13H2,1-3H3/t17-,19-/m1/s1. The average Bonchev–Trinajstić information content (AvgIpc) is 3.02. The van der Waals surface area contributed by atoms with E-state index in [2.05, 4.69) is 0 Å². The first-order valence-corrected chi connectivity index (χ1v) is 8.33. The third-order valence-electron chi connectivity index (χ3n) is 5.09. The summed E-state index contributed by atoms with van der Waals surface area (Å²) in [5.74, 6) is 0.222. The van der Waals surface area contributed by atoms with Crippen molar-refractivity contribution in [3.63, 3.8) is 0 Å². The summed E-state index contributed by atoms with van der Waals surface area (Å²) in [6.07, 6.45) is 4.07. The minimum absolute atomic E-state index is 0.100. The fourth-order valence-corrected chi connectivity index (χ4v) is 3.80. The first-order chi connectivity index (χ1) is 10.4. The molecule has 3 rings (SSSR count). The number of cyclic esters (lactones) is 1. The zero-order chi connectivity index (χ0) is 15.8. The molecule has 1 aliphatic carbocycles. The van der Waals surface area contributed by atoms with Crippen molar-refractivity contribution < 1.29 is 14.3 Å². The second-order valence-electron chi connectivity index (χ2n) is 7.73. The summed E-state index contributed by atoms with van der Waals surface area (Å²) in [5.41, 5.74) is 0.215. The predicted octanol–water partition coefficient (Wildman–Crippen LogP) is 4.06. The molecule has 120 valence electrons. The van der Waals surface area contributed by atoms with Gasteiger partial charge in [0.15, 0.2) is 0 Å². The topological polar surface area (TPSA) is 35.5 Å². The SMILES string of the molecule is CC(C)(C)[C@@H]1OC[C@@](c2ccccc2)(C2CCCC2)C(=O)O1. The summed E-state index contributed by atoms with van der Waals surface area (Å²) in [5, 5.41) is 0. The molecule has 0 bridgehead atoms. The zero-order valence-electron chi connectivity index (χ0n) is 13.8. The molecule has 0 N–H and O–H groups in total. The summed E-state index contributed by atoms with van der Waals surface area (Å²) in [7, 11) is 0. The van der Waals surface area contributed by atoms with E-state index in [-0.39, 0.29) is 11.4 Å². The Balaban J connectivity index is 1.96. The minimum atomic E-state index is -0.625. The Morgan fingerprint density at radius 1 is 1.09 bits per heavy atom. The van der Waals surface area contributed by atoms with E-state index in [0.717, 1.165) is 18.4 Å². The Morgan fingerprint density at radius 3 is 2.27 bits per heavy atom. The van der Waals surface area contributed by atoms with Gasteiger partial charge in [-0.05, 0) is 24.3 Å². The molecule has 0 amide bonds. The number of hydrogen-bond donors (Lipinski definition) is 0. The van der Waals surface area contributed by atoms with Gasteiger partial charge in [-0.25, -0.2) is 0 Å². The van der Waals surface area contributed by atoms with Crippen LogP contribution in [0.5, 0.6) is 0 Å². The molecule has 0 aromatic heterocycles. The molecule has 1 heterocycles. The van der Waals surface area contributed by atoms with Crippen LogP contribution in [0, 0.1) is 11.3 Å². The molecule has 1 aromatic carbocycles. The lowest BCUT2D eigenvalue weighted by molar-refractivity contribution is -0.244. The Hall–Kier alpha value is -1.35. The molecule has 0 unspecified atom stereocenters. The monoisotopic (exact) mass is 302 g/mol. The van der Waals surface area contributed by atoms with Crippen molar-refractivity contribution in [2.45, 2.75) is 58.2 Å². The second kappa shape index (κ2) is 5.69. The van der Waals surface area contributed by atoms with Crippen molar-refractivity contribution in [2.75, 3.05) is 6.61 Å². The van der Waals surface area contributed by atoms with Crippen LogP contribution in [-0.2, 0) is 19.7 Å². The Kier molecular flexibility index (Phi) is 4.02. The van der Waals surface area contributed by atoms with Gasteiger partial charge in [0.05, 0.1) is 6.61 Å². The normalized spacial score (nSPS) is 30.3. The van der Waals surface area contributed by atoms with Crippen LogP contribution in [0.25, 0.3) is 0 Å². The number of ether oxygens (including phenoxy) is 2. The first-order valence-electron chi connectivity index (χ1n) is 8.33.